The Balaban J connectivity index is 1.76. The molecular formula is C14H15N5O. The zero-order chi connectivity index (χ0) is 14.1. The number of aliphatic hydroxyl groups excluding tert-OH is 1. The van der Waals surface area contributed by atoms with Gasteiger partial charge in [-0.15, -0.1) is 0 Å². The number of nitrogens with one attached hydrogen (secondary N) is 1. The molecule has 3 atom stereocenters. The summed E-state index contributed by atoms with van der Waals surface area (Å²) < 4.78 is 1.80. The molecule has 0 aliphatic heterocycles. The second-order valence-electron chi connectivity index (χ2n) is 5.08. The van der Waals surface area contributed by atoms with Crippen LogP contribution < -0.4 is 5.32 Å². The summed E-state index contributed by atoms with van der Waals surface area (Å²) in [7, 11) is 0. The standard InChI is InChI=1S/C14H15N5O/c1-9-7-17-19(8-9)14-12(5-13(14)20)18-10-2-3-16-11(4-10)6-15/h2-4,7-8,12-14,20H,5H2,1H3,(H,16,18)/t12-,13+,14+/m0/s1. The molecule has 0 radical (unpaired) electrons. The molecule has 2 N–H and O–H groups in total. The van der Waals surface area contributed by atoms with Crippen molar-refractivity contribution in [2.45, 2.75) is 31.5 Å². The highest BCUT2D eigenvalue weighted by molar-refractivity contribution is 5.47. The summed E-state index contributed by atoms with van der Waals surface area (Å²) >= 11 is 0. The topological polar surface area (TPSA) is 86.8 Å². The molecule has 2 heterocycles. The number of anilines is 1. The van der Waals surface area contributed by atoms with Crippen LogP contribution in [-0.2, 0) is 0 Å². The number of aliphatic hydroxyl groups is 1. The van der Waals surface area contributed by atoms with Gasteiger partial charge in [-0.2, -0.15) is 10.4 Å². The van der Waals surface area contributed by atoms with Crippen molar-refractivity contribution >= 4 is 5.69 Å². The fraction of sp³-hybridized carbons (Fsp3) is 0.357. The van der Waals surface area contributed by atoms with Gasteiger partial charge in [-0.05, 0) is 31.0 Å². The molecule has 0 unspecified atom stereocenters. The van der Waals surface area contributed by atoms with Gasteiger partial charge in [0, 0.05) is 18.1 Å². The fourth-order valence-electron chi connectivity index (χ4n) is 2.51. The van der Waals surface area contributed by atoms with Gasteiger partial charge in [0.05, 0.1) is 24.4 Å². The van der Waals surface area contributed by atoms with Crippen molar-refractivity contribution in [1.82, 2.24) is 14.8 Å². The molecule has 0 saturated heterocycles. The predicted octanol–water partition coefficient (Wildman–Crippen LogP) is 1.24. The molecule has 1 fully saturated rings. The Bertz CT molecular complexity index is 660. The van der Waals surface area contributed by atoms with Crippen LogP contribution in [0.15, 0.2) is 30.7 Å². The van der Waals surface area contributed by atoms with E-state index in [0.29, 0.717) is 12.1 Å². The molecule has 1 aliphatic rings. The van der Waals surface area contributed by atoms with Crippen LogP contribution in [0.2, 0.25) is 0 Å². The van der Waals surface area contributed by atoms with Gasteiger partial charge in [0.2, 0.25) is 0 Å². The second kappa shape index (κ2) is 4.94. The lowest BCUT2D eigenvalue weighted by Crippen LogP contribution is -2.51. The minimum absolute atomic E-state index is 0.0811. The first-order valence-electron chi connectivity index (χ1n) is 6.49. The highest BCUT2D eigenvalue weighted by Crippen LogP contribution is 2.34. The number of aromatic nitrogens is 3. The van der Waals surface area contributed by atoms with Crippen LogP contribution in [0.25, 0.3) is 0 Å². The van der Waals surface area contributed by atoms with E-state index < -0.39 is 6.10 Å². The first-order chi connectivity index (χ1) is 9.67. The van der Waals surface area contributed by atoms with E-state index in [0.717, 1.165) is 11.3 Å². The molecule has 2 aromatic heterocycles. The van der Waals surface area contributed by atoms with Gasteiger partial charge in [0.15, 0.2) is 0 Å². The van der Waals surface area contributed by atoms with Crippen molar-refractivity contribution in [3.05, 3.63) is 42.0 Å². The summed E-state index contributed by atoms with van der Waals surface area (Å²) in [5, 5.41) is 26.4. The van der Waals surface area contributed by atoms with Crippen LogP contribution in [-0.4, -0.2) is 32.0 Å². The molecule has 6 heteroatoms. The molecule has 102 valence electrons. The first-order valence-corrected chi connectivity index (χ1v) is 6.49. The van der Waals surface area contributed by atoms with E-state index in [-0.39, 0.29) is 12.1 Å². The highest BCUT2D eigenvalue weighted by Gasteiger charge is 2.41. The quantitative estimate of drug-likeness (QED) is 0.875. The number of aryl methyl sites for hydroxylation is 1. The summed E-state index contributed by atoms with van der Waals surface area (Å²) in [5.41, 5.74) is 2.28. The van der Waals surface area contributed by atoms with E-state index in [1.807, 2.05) is 25.3 Å². The number of nitriles is 1. The number of hydrogen-bond donors (Lipinski definition) is 2. The van der Waals surface area contributed by atoms with Crippen molar-refractivity contribution in [1.29, 1.82) is 5.26 Å². The van der Waals surface area contributed by atoms with E-state index in [1.165, 1.54) is 0 Å². The summed E-state index contributed by atoms with van der Waals surface area (Å²) in [6.45, 7) is 1.97. The Morgan fingerprint density at radius 1 is 1.55 bits per heavy atom. The molecule has 1 aliphatic carbocycles. The summed E-state index contributed by atoms with van der Waals surface area (Å²) in [5.74, 6) is 0. The van der Waals surface area contributed by atoms with Gasteiger partial charge in [-0.3, -0.25) is 4.68 Å². The van der Waals surface area contributed by atoms with Crippen LogP contribution in [0.1, 0.15) is 23.7 Å². The largest absolute Gasteiger partial charge is 0.391 e. The second-order valence-corrected chi connectivity index (χ2v) is 5.08. The third-order valence-electron chi connectivity index (χ3n) is 3.56. The van der Waals surface area contributed by atoms with E-state index in [9.17, 15) is 5.11 Å². The first kappa shape index (κ1) is 12.6. The average molecular weight is 269 g/mol. The third-order valence-corrected chi connectivity index (χ3v) is 3.56. The maximum Gasteiger partial charge on any atom is 0.142 e. The molecule has 3 rings (SSSR count). The molecular weight excluding hydrogens is 254 g/mol. The molecule has 1 saturated carbocycles. The molecule has 0 bridgehead atoms. The third kappa shape index (κ3) is 2.24. The van der Waals surface area contributed by atoms with Crippen molar-refractivity contribution in [3.63, 3.8) is 0 Å². The minimum atomic E-state index is -0.399. The molecule has 2 aromatic rings. The van der Waals surface area contributed by atoms with Gasteiger partial charge in [0.25, 0.3) is 0 Å². The molecule has 0 aromatic carbocycles. The number of nitrogens with zero attached hydrogens (tertiary/aromatic N) is 4. The van der Waals surface area contributed by atoms with E-state index >= 15 is 0 Å². The Hall–Kier alpha value is -2.39. The van der Waals surface area contributed by atoms with E-state index in [2.05, 4.69) is 15.4 Å². The van der Waals surface area contributed by atoms with Gasteiger partial charge < -0.3 is 10.4 Å². The van der Waals surface area contributed by atoms with Crippen molar-refractivity contribution in [2.75, 3.05) is 5.32 Å². The van der Waals surface area contributed by atoms with Crippen LogP contribution in [0, 0.1) is 18.3 Å². The molecule has 6 nitrogen and oxygen atoms in total. The maximum atomic E-state index is 9.95. The van der Waals surface area contributed by atoms with Gasteiger partial charge in [-0.25, -0.2) is 4.98 Å². The van der Waals surface area contributed by atoms with E-state index in [4.69, 9.17) is 5.26 Å². The van der Waals surface area contributed by atoms with Crippen LogP contribution in [0.4, 0.5) is 5.69 Å². The Labute approximate surface area is 116 Å². The number of rotatable bonds is 3. The number of hydrogen-bond acceptors (Lipinski definition) is 5. The monoisotopic (exact) mass is 269 g/mol. The Morgan fingerprint density at radius 3 is 3.05 bits per heavy atom. The van der Waals surface area contributed by atoms with Crippen LogP contribution in [0.3, 0.4) is 0 Å². The molecule has 0 amide bonds. The Kier molecular flexibility index (Phi) is 3.12. The summed E-state index contributed by atoms with van der Waals surface area (Å²) in [6, 6.07) is 5.55. The lowest BCUT2D eigenvalue weighted by molar-refractivity contribution is 0.0134. The zero-order valence-corrected chi connectivity index (χ0v) is 11.1. The smallest absolute Gasteiger partial charge is 0.142 e. The predicted molar refractivity (Wildman–Crippen MR) is 73.0 cm³/mol. The summed E-state index contributed by atoms with van der Waals surface area (Å²) in [6.07, 6.45) is 5.57. The van der Waals surface area contributed by atoms with Gasteiger partial charge >= 0.3 is 0 Å². The number of pyridine rings is 1. The molecule has 0 spiro atoms. The van der Waals surface area contributed by atoms with Crippen molar-refractivity contribution in [3.8, 4) is 6.07 Å². The van der Waals surface area contributed by atoms with Crippen LogP contribution in [0.5, 0.6) is 0 Å². The van der Waals surface area contributed by atoms with Crippen molar-refractivity contribution < 1.29 is 5.11 Å². The molecule has 20 heavy (non-hydrogen) atoms. The zero-order valence-electron chi connectivity index (χ0n) is 11.1. The SMILES string of the molecule is Cc1cnn([C@H]2[C@H](O)C[C@@H]2Nc2ccnc(C#N)c2)c1. The lowest BCUT2D eigenvalue weighted by Gasteiger charge is -2.42. The van der Waals surface area contributed by atoms with Crippen LogP contribution >= 0.6 is 0 Å². The average Bonchev–Trinajstić information content (AvgIpc) is 2.84. The normalized spacial score (nSPS) is 24.8. The highest BCUT2D eigenvalue weighted by atomic mass is 16.3. The van der Waals surface area contributed by atoms with E-state index in [1.54, 1.807) is 23.1 Å². The summed E-state index contributed by atoms with van der Waals surface area (Å²) in [4.78, 5) is 3.94. The Morgan fingerprint density at radius 2 is 2.40 bits per heavy atom. The minimum Gasteiger partial charge on any atom is -0.391 e. The van der Waals surface area contributed by atoms with Gasteiger partial charge in [-0.1, -0.05) is 0 Å². The lowest BCUT2D eigenvalue weighted by atomic mass is 9.83. The van der Waals surface area contributed by atoms with Crippen molar-refractivity contribution in [2.24, 2.45) is 0 Å². The maximum absolute atomic E-state index is 9.95. The fourth-order valence-corrected chi connectivity index (χ4v) is 2.51. The van der Waals surface area contributed by atoms with Gasteiger partial charge in [0.1, 0.15) is 11.8 Å².